The van der Waals surface area contributed by atoms with E-state index in [4.69, 9.17) is 6.57 Å². The van der Waals surface area contributed by atoms with Crippen molar-refractivity contribution in [1.29, 1.82) is 0 Å². The molecular formula is C43H27N3. The summed E-state index contributed by atoms with van der Waals surface area (Å²) in [6.45, 7) is 7.71. The van der Waals surface area contributed by atoms with Crippen molar-refractivity contribution in [3.05, 3.63) is 175 Å². The summed E-state index contributed by atoms with van der Waals surface area (Å²) in [5, 5.41) is 4.90. The first-order chi connectivity index (χ1) is 22.8. The van der Waals surface area contributed by atoms with E-state index in [1.807, 2.05) is 18.2 Å². The normalized spacial score (nSPS) is 11.5. The Bertz CT molecular complexity index is 2630. The molecule has 0 N–H and O–H groups in total. The third-order valence-corrected chi connectivity index (χ3v) is 9.13. The SMILES string of the molecule is [C-]#[N+]c1ccc(-n2c3ccccc3c3c(-c4ccc5c(c4)c4ccccc4n5-c4ccccc4)cccc32)c(-c2ccccc2)c1. The van der Waals surface area contributed by atoms with Crippen LogP contribution in [-0.4, -0.2) is 9.13 Å². The van der Waals surface area contributed by atoms with E-state index in [0.717, 1.165) is 33.5 Å². The van der Waals surface area contributed by atoms with Gasteiger partial charge in [-0.1, -0.05) is 109 Å². The van der Waals surface area contributed by atoms with Crippen LogP contribution in [0.5, 0.6) is 0 Å². The lowest BCUT2D eigenvalue weighted by Gasteiger charge is -2.15. The molecule has 0 fully saturated rings. The van der Waals surface area contributed by atoms with Gasteiger partial charge >= 0.3 is 0 Å². The predicted octanol–water partition coefficient (Wildman–Crippen LogP) is 11.8. The second-order valence-electron chi connectivity index (χ2n) is 11.7. The summed E-state index contributed by atoms with van der Waals surface area (Å²) in [4.78, 5) is 3.76. The molecule has 2 aromatic heterocycles. The van der Waals surface area contributed by atoms with Gasteiger partial charge in [-0.15, -0.1) is 0 Å². The summed E-state index contributed by atoms with van der Waals surface area (Å²) in [6, 6.07) is 57.9. The molecule has 0 atom stereocenters. The average molecular weight is 586 g/mol. The Morgan fingerprint density at radius 1 is 0.413 bits per heavy atom. The number of hydrogen-bond acceptors (Lipinski definition) is 0. The van der Waals surface area contributed by atoms with Crippen molar-refractivity contribution in [2.45, 2.75) is 0 Å². The van der Waals surface area contributed by atoms with Crippen LogP contribution < -0.4 is 0 Å². The average Bonchev–Trinajstić information content (AvgIpc) is 3.65. The zero-order valence-corrected chi connectivity index (χ0v) is 24.9. The molecule has 2 heterocycles. The van der Waals surface area contributed by atoms with Gasteiger partial charge in [-0.3, -0.25) is 0 Å². The lowest BCUT2D eigenvalue weighted by molar-refractivity contribution is 1.18. The first-order valence-electron chi connectivity index (χ1n) is 15.5. The molecule has 0 saturated carbocycles. The zero-order chi connectivity index (χ0) is 30.6. The Balaban J connectivity index is 1.33. The van der Waals surface area contributed by atoms with E-state index in [0.29, 0.717) is 5.69 Å². The highest BCUT2D eigenvalue weighted by Gasteiger charge is 2.20. The first-order valence-corrected chi connectivity index (χ1v) is 15.5. The second-order valence-corrected chi connectivity index (χ2v) is 11.7. The maximum absolute atomic E-state index is 7.71. The van der Waals surface area contributed by atoms with Crippen molar-refractivity contribution in [2.75, 3.05) is 0 Å². The molecule has 3 heteroatoms. The van der Waals surface area contributed by atoms with Gasteiger partial charge in [-0.2, -0.15) is 0 Å². The van der Waals surface area contributed by atoms with Crippen molar-refractivity contribution in [3.8, 4) is 33.6 Å². The first kappa shape index (κ1) is 26.1. The maximum Gasteiger partial charge on any atom is 0.188 e. The highest BCUT2D eigenvalue weighted by Crippen LogP contribution is 2.42. The Kier molecular flexibility index (Phi) is 5.88. The minimum atomic E-state index is 0.632. The highest BCUT2D eigenvalue weighted by molar-refractivity contribution is 6.17. The fourth-order valence-electron chi connectivity index (χ4n) is 7.15. The van der Waals surface area contributed by atoms with E-state index in [9.17, 15) is 0 Å². The van der Waals surface area contributed by atoms with Gasteiger partial charge in [-0.05, 0) is 76.9 Å². The molecule has 0 aliphatic rings. The van der Waals surface area contributed by atoms with Crippen LogP contribution in [0.1, 0.15) is 0 Å². The van der Waals surface area contributed by atoms with Crippen LogP contribution in [0.25, 0.3) is 82.1 Å². The molecule has 3 nitrogen and oxygen atoms in total. The minimum absolute atomic E-state index is 0.632. The van der Waals surface area contributed by atoms with E-state index >= 15 is 0 Å². The fraction of sp³-hybridized carbons (Fsp3) is 0. The maximum atomic E-state index is 7.71. The van der Waals surface area contributed by atoms with Crippen LogP contribution in [0.2, 0.25) is 0 Å². The molecule has 0 spiro atoms. The molecule has 0 unspecified atom stereocenters. The Morgan fingerprint density at radius 3 is 1.85 bits per heavy atom. The van der Waals surface area contributed by atoms with Crippen molar-refractivity contribution in [3.63, 3.8) is 0 Å². The van der Waals surface area contributed by atoms with Crippen molar-refractivity contribution in [1.82, 2.24) is 9.13 Å². The molecule has 0 amide bonds. The van der Waals surface area contributed by atoms with Crippen molar-refractivity contribution < 1.29 is 0 Å². The number of rotatable bonds is 4. The zero-order valence-electron chi connectivity index (χ0n) is 24.9. The monoisotopic (exact) mass is 585 g/mol. The summed E-state index contributed by atoms with van der Waals surface area (Å²) in [6.07, 6.45) is 0. The van der Waals surface area contributed by atoms with Gasteiger partial charge in [0.25, 0.3) is 0 Å². The summed E-state index contributed by atoms with van der Waals surface area (Å²) < 4.78 is 4.73. The van der Waals surface area contributed by atoms with E-state index < -0.39 is 0 Å². The molecule has 9 aromatic rings. The molecule has 214 valence electrons. The largest absolute Gasteiger partial charge is 0.309 e. The number of fused-ring (bicyclic) bond motifs is 6. The van der Waals surface area contributed by atoms with Crippen LogP contribution in [-0.2, 0) is 0 Å². The third-order valence-electron chi connectivity index (χ3n) is 9.13. The van der Waals surface area contributed by atoms with Gasteiger partial charge in [0.15, 0.2) is 5.69 Å². The molecule has 7 aromatic carbocycles. The van der Waals surface area contributed by atoms with E-state index in [2.05, 4.69) is 160 Å². The number of hydrogen-bond donors (Lipinski definition) is 0. The smallest absolute Gasteiger partial charge is 0.188 e. The lowest BCUT2D eigenvalue weighted by Crippen LogP contribution is -1.97. The van der Waals surface area contributed by atoms with Crippen LogP contribution in [0.15, 0.2) is 164 Å². The molecule has 0 bridgehead atoms. The topological polar surface area (TPSA) is 14.2 Å². The molecule has 9 rings (SSSR count). The Hall–Kier alpha value is -6.37. The van der Waals surface area contributed by atoms with Gasteiger partial charge in [0, 0.05) is 27.2 Å². The molecule has 0 radical (unpaired) electrons. The van der Waals surface area contributed by atoms with Gasteiger partial charge in [0.1, 0.15) is 0 Å². The third kappa shape index (κ3) is 3.91. The Labute approximate surface area is 266 Å². The van der Waals surface area contributed by atoms with Gasteiger partial charge < -0.3 is 9.13 Å². The van der Waals surface area contributed by atoms with E-state index in [1.54, 1.807) is 0 Å². The molecular weight excluding hydrogens is 558 g/mol. The molecule has 0 saturated heterocycles. The summed E-state index contributed by atoms with van der Waals surface area (Å²) in [7, 11) is 0. The lowest BCUT2D eigenvalue weighted by atomic mass is 9.98. The quantitative estimate of drug-likeness (QED) is 0.182. The second kappa shape index (κ2) is 10.4. The number of aromatic nitrogens is 2. The van der Waals surface area contributed by atoms with Crippen LogP contribution in [0, 0.1) is 6.57 Å². The van der Waals surface area contributed by atoms with Crippen LogP contribution in [0.3, 0.4) is 0 Å². The summed E-state index contributed by atoms with van der Waals surface area (Å²) in [5.41, 5.74) is 12.0. The summed E-state index contributed by atoms with van der Waals surface area (Å²) in [5.74, 6) is 0. The van der Waals surface area contributed by atoms with Crippen LogP contribution >= 0.6 is 0 Å². The van der Waals surface area contributed by atoms with E-state index in [-0.39, 0.29) is 0 Å². The minimum Gasteiger partial charge on any atom is -0.309 e. The highest BCUT2D eigenvalue weighted by atomic mass is 15.0. The van der Waals surface area contributed by atoms with Gasteiger partial charge in [0.2, 0.25) is 0 Å². The van der Waals surface area contributed by atoms with Crippen LogP contribution in [0.4, 0.5) is 5.69 Å². The standard InChI is InChI=1S/C43H27N3/c1-44-31-24-26-40(36(28-31)29-13-4-2-5-14-29)46-39-21-11-9-18-35(39)43-33(19-12-22-42(43)46)30-23-25-41-37(27-30)34-17-8-10-20-38(34)45(41)32-15-6-3-7-16-32/h2-28H. The van der Waals surface area contributed by atoms with Gasteiger partial charge in [0.05, 0.1) is 34.3 Å². The van der Waals surface area contributed by atoms with E-state index in [1.165, 1.54) is 43.7 Å². The number of nitrogens with zero attached hydrogens (tertiary/aromatic N) is 3. The number of benzene rings is 7. The molecule has 0 aliphatic carbocycles. The van der Waals surface area contributed by atoms with Gasteiger partial charge in [-0.25, -0.2) is 4.85 Å². The van der Waals surface area contributed by atoms with Crippen molar-refractivity contribution in [2.24, 2.45) is 0 Å². The van der Waals surface area contributed by atoms with Crippen molar-refractivity contribution >= 4 is 49.3 Å². The Morgan fingerprint density at radius 2 is 1.07 bits per heavy atom. The summed E-state index contributed by atoms with van der Waals surface area (Å²) >= 11 is 0. The molecule has 46 heavy (non-hydrogen) atoms. The number of para-hydroxylation sites is 3. The predicted molar refractivity (Wildman–Crippen MR) is 192 cm³/mol. The molecule has 0 aliphatic heterocycles. The fourth-order valence-corrected chi connectivity index (χ4v) is 7.15.